The molecule has 0 heterocycles. The third-order valence-corrected chi connectivity index (χ3v) is 10.4. The average Bonchev–Trinajstić information content (AvgIpc) is 2.93. The lowest BCUT2D eigenvalue weighted by Crippen LogP contribution is -2.24. The summed E-state index contributed by atoms with van der Waals surface area (Å²) in [6.07, 6.45) is 28.3. The first-order valence-corrected chi connectivity index (χ1v) is 15.8. The second-order valence-electron chi connectivity index (χ2n) is 12.8. The van der Waals surface area contributed by atoms with Gasteiger partial charge in [-0.15, -0.1) is 0 Å². The Balaban J connectivity index is 1.08. The molecule has 0 aromatic heterocycles. The monoisotopic (exact) mass is 498 g/mol. The Morgan fingerprint density at radius 2 is 1.06 bits per heavy atom. The maximum Gasteiger partial charge on any atom is 0.508 e. The third kappa shape index (κ3) is 8.38. The normalized spacial score (nSPS) is 33.4. The molecule has 0 spiro atoms. The van der Waals surface area contributed by atoms with Crippen LogP contribution in [0.15, 0.2) is 23.3 Å². The first-order valence-electron chi connectivity index (χ1n) is 15.8. The molecule has 3 heteroatoms. The van der Waals surface area contributed by atoms with Crippen molar-refractivity contribution in [2.45, 2.75) is 129 Å². The maximum atomic E-state index is 12.2. The second kappa shape index (κ2) is 14.6. The van der Waals surface area contributed by atoms with Gasteiger partial charge in [0.05, 0.1) is 0 Å². The fraction of sp³-hybridized carbons (Fsp3) is 0.848. The summed E-state index contributed by atoms with van der Waals surface area (Å²) in [5, 5.41) is 0. The molecule has 2 saturated carbocycles. The molecule has 0 saturated heterocycles. The van der Waals surface area contributed by atoms with Gasteiger partial charge in [-0.1, -0.05) is 77.4 Å². The summed E-state index contributed by atoms with van der Waals surface area (Å²) >= 11 is 0. The molecule has 0 amide bonds. The Morgan fingerprint density at radius 3 is 1.39 bits per heavy atom. The largest absolute Gasteiger partial charge is 0.508 e. The highest BCUT2D eigenvalue weighted by atomic mass is 16.7. The van der Waals surface area contributed by atoms with Crippen LogP contribution in [-0.4, -0.2) is 19.4 Å². The van der Waals surface area contributed by atoms with Crippen LogP contribution < -0.4 is 0 Å². The standard InChI is InChI=1S/C33H54O3/c1-3-5-25-7-15-29(16-8-25)31-19-11-27(12-20-31)23-35-33(34)36-24-28-13-21-32(22-14-28)30-17-9-26(6-4-2)10-18-30/h11,13,25-26,29-32H,3-10,12,14-24H2,1-2H3. The average molecular weight is 499 g/mol. The topological polar surface area (TPSA) is 35.5 Å². The summed E-state index contributed by atoms with van der Waals surface area (Å²) in [6.45, 7) is 5.46. The zero-order chi connectivity index (χ0) is 25.2. The van der Waals surface area contributed by atoms with Crippen molar-refractivity contribution in [2.24, 2.45) is 35.5 Å². The number of hydrogen-bond donors (Lipinski definition) is 0. The summed E-state index contributed by atoms with van der Waals surface area (Å²) < 4.78 is 11.0. The number of rotatable bonds is 10. The van der Waals surface area contributed by atoms with Crippen molar-refractivity contribution in [3.63, 3.8) is 0 Å². The fourth-order valence-corrected chi connectivity index (χ4v) is 7.99. The van der Waals surface area contributed by atoms with Gasteiger partial charge in [0.1, 0.15) is 13.2 Å². The minimum Gasteiger partial charge on any atom is -0.430 e. The van der Waals surface area contributed by atoms with Crippen molar-refractivity contribution < 1.29 is 14.3 Å². The van der Waals surface area contributed by atoms with E-state index in [-0.39, 0.29) is 0 Å². The maximum absolute atomic E-state index is 12.2. The van der Waals surface area contributed by atoms with Crippen LogP contribution in [0.3, 0.4) is 0 Å². The second-order valence-corrected chi connectivity index (χ2v) is 12.8. The van der Waals surface area contributed by atoms with E-state index in [1.54, 1.807) is 0 Å². The number of allylic oxidation sites excluding steroid dienone is 2. The van der Waals surface area contributed by atoms with Crippen LogP contribution in [0, 0.1) is 35.5 Å². The van der Waals surface area contributed by atoms with Crippen molar-refractivity contribution in [3.05, 3.63) is 23.3 Å². The van der Waals surface area contributed by atoms with Crippen LogP contribution in [0.4, 0.5) is 4.79 Å². The summed E-state index contributed by atoms with van der Waals surface area (Å²) in [5.74, 6) is 5.50. The first kappa shape index (κ1) is 27.8. The van der Waals surface area contributed by atoms with Gasteiger partial charge in [-0.25, -0.2) is 4.79 Å². The molecule has 0 aliphatic heterocycles. The molecule has 4 rings (SSSR count). The lowest BCUT2D eigenvalue weighted by molar-refractivity contribution is 0.0655. The highest BCUT2D eigenvalue weighted by Gasteiger charge is 2.30. The van der Waals surface area contributed by atoms with E-state index in [4.69, 9.17) is 9.47 Å². The van der Waals surface area contributed by atoms with E-state index in [1.165, 1.54) is 114 Å². The zero-order valence-electron chi connectivity index (χ0n) is 23.5. The Kier molecular flexibility index (Phi) is 11.3. The predicted molar refractivity (Wildman–Crippen MR) is 149 cm³/mol. The van der Waals surface area contributed by atoms with Gasteiger partial charge in [-0.3, -0.25) is 0 Å². The van der Waals surface area contributed by atoms with Crippen LogP contribution in [0.5, 0.6) is 0 Å². The van der Waals surface area contributed by atoms with Crippen molar-refractivity contribution >= 4 is 6.16 Å². The summed E-state index contributed by atoms with van der Waals surface area (Å²) in [4.78, 5) is 12.2. The van der Waals surface area contributed by atoms with Gasteiger partial charge in [-0.05, 0) is 111 Å². The molecule has 0 N–H and O–H groups in total. The quantitative estimate of drug-likeness (QED) is 0.222. The summed E-state index contributed by atoms with van der Waals surface area (Å²) in [6, 6.07) is 0. The molecule has 0 radical (unpaired) electrons. The molecule has 204 valence electrons. The van der Waals surface area contributed by atoms with Gasteiger partial charge < -0.3 is 9.47 Å². The Bertz CT molecular complexity index is 661. The molecule has 0 aromatic carbocycles. The van der Waals surface area contributed by atoms with Gasteiger partial charge >= 0.3 is 6.16 Å². The Hall–Kier alpha value is -1.25. The SMILES string of the molecule is CCCC1CCC(C2CC=C(COC(=O)OCC3=CCC(C4CCC(CCC)CC4)CC3)CC2)CC1. The third-order valence-electron chi connectivity index (χ3n) is 10.4. The molecule has 0 aromatic rings. The lowest BCUT2D eigenvalue weighted by Gasteiger charge is -2.35. The van der Waals surface area contributed by atoms with Crippen LogP contribution in [0.25, 0.3) is 0 Å². The van der Waals surface area contributed by atoms with Crippen LogP contribution in [0.1, 0.15) is 129 Å². The molecule has 4 aliphatic carbocycles. The van der Waals surface area contributed by atoms with E-state index in [9.17, 15) is 4.79 Å². The van der Waals surface area contributed by atoms with E-state index in [0.29, 0.717) is 13.2 Å². The number of carbonyl (C=O) groups is 1. The fourth-order valence-electron chi connectivity index (χ4n) is 7.99. The molecule has 36 heavy (non-hydrogen) atoms. The molecule has 2 unspecified atom stereocenters. The van der Waals surface area contributed by atoms with Gasteiger partial charge in [0.15, 0.2) is 0 Å². The molecule has 0 bridgehead atoms. The van der Waals surface area contributed by atoms with Gasteiger partial charge in [0.25, 0.3) is 0 Å². The van der Waals surface area contributed by atoms with Crippen LogP contribution in [-0.2, 0) is 9.47 Å². The Morgan fingerprint density at radius 1 is 0.639 bits per heavy atom. The zero-order valence-corrected chi connectivity index (χ0v) is 23.5. The molecular weight excluding hydrogens is 444 g/mol. The number of hydrogen-bond acceptors (Lipinski definition) is 3. The van der Waals surface area contributed by atoms with Gasteiger partial charge in [0, 0.05) is 0 Å². The van der Waals surface area contributed by atoms with Crippen molar-refractivity contribution in [1.82, 2.24) is 0 Å². The molecule has 2 fully saturated rings. The number of ether oxygens (including phenoxy) is 2. The molecule has 3 nitrogen and oxygen atoms in total. The highest BCUT2D eigenvalue weighted by Crippen LogP contribution is 2.42. The molecular formula is C33H54O3. The van der Waals surface area contributed by atoms with Gasteiger partial charge in [-0.2, -0.15) is 0 Å². The lowest BCUT2D eigenvalue weighted by atomic mass is 9.71. The summed E-state index contributed by atoms with van der Waals surface area (Å²) in [5.41, 5.74) is 2.58. The van der Waals surface area contributed by atoms with E-state index < -0.39 is 6.16 Å². The predicted octanol–water partition coefficient (Wildman–Crippen LogP) is 9.81. The Labute approximate surface area is 221 Å². The van der Waals surface area contributed by atoms with Crippen molar-refractivity contribution in [2.75, 3.05) is 13.2 Å². The van der Waals surface area contributed by atoms with Crippen molar-refractivity contribution in [1.29, 1.82) is 0 Å². The van der Waals surface area contributed by atoms with Crippen LogP contribution in [0.2, 0.25) is 0 Å². The van der Waals surface area contributed by atoms with Gasteiger partial charge in [0.2, 0.25) is 0 Å². The van der Waals surface area contributed by atoms with Crippen LogP contribution >= 0.6 is 0 Å². The molecule has 4 aliphatic rings. The smallest absolute Gasteiger partial charge is 0.430 e. The van der Waals surface area contributed by atoms with E-state index in [0.717, 1.165) is 48.3 Å². The molecule has 2 atom stereocenters. The highest BCUT2D eigenvalue weighted by molar-refractivity contribution is 5.60. The summed E-state index contributed by atoms with van der Waals surface area (Å²) in [7, 11) is 0. The van der Waals surface area contributed by atoms with Crippen molar-refractivity contribution in [3.8, 4) is 0 Å². The van der Waals surface area contributed by atoms with E-state index in [2.05, 4.69) is 26.0 Å². The van der Waals surface area contributed by atoms with E-state index in [1.807, 2.05) is 0 Å². The first-order chi connectivity index (χ1) is 17.6. The van der Waals surface area contributed by atoms with E-state index >= 15 is 0 Å². The minimum atomic E-state index is -0.496. The minimum absolute atomic E-state index is 0.413. The number of carbonyl (C=O) groups excluding carboxylic acids is 1.